The van der Waals surface area contributed by atoms with Gasteiger partial charge in [0.25, 0.3) is 0 Å². The Kier molecular flexibility index (Phi) is 3.41. The van der Waals surface area contributed by atoms with Gasteiger partial charge in [0.15, 0.2) is 17.4 Å². The van der Waals surface area contributed by atoms with Crippen molar-refractivity contribution in [2.45, 2.75) is 0 Å². The Balaban J connectivity index is 2.98. The van der Waals surface area contributed by atoms with Crippen molar-refractivity contribution in [2.24, 2.45) is 0 Å². The zero-order chi connectivity index (χ0) is 11.6. The zero-order valence-electron chi connectivity index (χ0n) is 7.21. The number of halogens is 3. The van der Waals surface area contributed by atoms with Crippen LogP contribution in [0, 0.1) is 11.6 Å². The lowest BCUT2D eigenvalue weighted by atomic mass is 10.1. The molecule has 0 aliphatic rings. The average Bonchev–Trinajstić information content (AvgIpc) is 2.06. The molecule has 0 N–H and O–H groups in total. The largest absolute Gasteiger partial charge is 0.293 e. The van der Waals surface area contributed by atoms with Crippen LogP contribution in [0.15, 0.2) is 18.2 Å². The third kappa shape index (κ3) is 3.56. The summed E-state index contributed by atoms with van der Waals surface area (Å²) in [6, 6.07) is 2.35. The van der Waals surface area contributed by atoms with E-state index in [4.69, 9.17) is 10.7 Å². The van der Waals surface area contributed by atoms with Crippen molar-refractivity contribution in [3.8, 4) is 0 Å². The number of rotatable bonds is 3. The third-order valence-corrected chi connectivity index (χ3v) is 2.48. The lowest BCUT2D eigenvalue weighted by Gasteiger charge is -1.99. The first-order chi connectivity index (χ1) is 6.79. The van der Waals surface area contributed by atoms with Crippen molar-refractivity contribution < 1.29 is 22.0 Å². The fourth-order valence-electron chi connectivity index (χ4n) is 0.909. The van der Waals surface area contributed by atoms with Crippen LogP contribution >= 0.6 is 10.7 Å². The van der Waals surface area contributed by atoms with Gasteiger partial charge in [-0.1, -0.05) is 0 Å². The maximum atomic E-state index is 12.7. The molecule has 0 unspecified atom stereocenters. The molecule has 0 atom stereocenters. The van der Waals surface area contributed by atoms with E-state index in [1.54, 1.807) is 0 Å². The highest BCUT2D eigenvalue weighted by Gasteiger charge is 2.16. The molecule has 0 radical (unpaired) electrons. The quantitative estimate of drug-likeness (QED) is 0.610. The highest BCUT2D eigenvalue weighted by molar-refractivity contribution is 8.14. The smallest absolute Gasteiger partial charge is 0.240 e. The van der Waals surface area contributed by atoms with E-state index in [9.17, 15) is 22.0 Å². The molecule has 0 spiro atoms. The van der Waals surface area contributed by atoms with Crippen LogP contribution in [0.4, 0.5) is 8.78 Å². The Hall–Kier alpha value is -1.01. The second-order valence-electron chi connectivity index (χ2n) is 2.74. The van der Waals surface area contributed by atoms with Gasteiger partial charge in [-0.25, -0.2) is 17.2 Å². The molecule has 0 bridgehead atoms. The molecule has 0 fully saturated rings. The molecule has 0 saturated carbocycles. The number of ketones is 1. The van der Waals surface area contributed by atoms with Crippen molar-refractivity contribution in [1.29, 1.82) is 0 Å². The van der Waals surface area contributed by atoms with Gasteiger partial charge in [-0.3, -0.25) is 4.79 Å². The van der Waals surface area contributed by atoms with Gasteiger partial charge in [0.2, 0.25) is 9.05 Å². The maximum absolute atomic E-state index is 12.7. The summed E-state index contributed by atoms with van der Waals surface area (Å²) in [6.07, 6.45) is 0. The molecule has 1 rings (SSSR count). The fourth-order valence-corrected chi connectivity index (χ4v) is 1.69. The second kappa shape index (κ2) is 4.24. The van der Waals surface area contributed by atoms with Gasteiger partial charge in [-0.05, 0) is 18.2 Å². The van der Waals surface area contributed by atoms with E-state index in [0.29, 0.717) is 6.07 Å². The lowest BCUT2D eigenvalue weighted by Crippen LogP contribution is -2.11. The van der Waals surface area contributed by atoms with Gasteiger partial charge in [-0.2, -0.15) is 0 Å². The summed E-state index contributed by atoms with van der Waals surface area (Å²) in [5.41, 5.74) is -0.238. The maximum Gasteiger partial charge on any atom is 0.240 e. The number of benzene rings is 1. The van der Waals surface area contributed by atoms with Crippen LogP contribution in [-0.4, -0.2) is 20.0 Å². The molecule has 0 aromatic heterocycles. The summed E-state index contributed by atoms with van der Waals surface area (Å²) in [7, 11) is 0.845. The summed E-state index contributed by atoms with van der Waals surface area (Å²) in [4.78, 5) is 11.2. The minimum absolute atomic E-state index is 0.238. The first kappa shape index (κ1) is 12.1. The van der Waals surface area contributed by atoms with E-state index >= 15 is 0 Å². The molecular formula is C8H5ClF2O3S. The number of hydrogen-bond acceptors (Lipinski definition) is 3. The molecule has 0 saturated heterocycles. The monoisotopic (exact) mass is 254 g/mol. The van der Waals surface area contributed by atoms with E-state index in [1.807, 2.05) is 0 Å². The highest BCUT2D eigenvalue weighted by atomic mass is 35.7. The van der Waals surface area contributed by atoms with Crippen molar-refractivity contribution in [2.75, 3.05) is 5.75 Å². The van der Waals surface area contributed by atoms with E-state index in [-0.39, 0.29) is 5.56 Å². The van der Waals surface area contributed by atoms with Crippen molar-refractivity contribution in [3.05, 3.63) is 35.4 Å². The first-order valence-electron chi connectivity index (χ1n) is 3.70. The minimum Gasteiger partial charge on any atom is -0.293 e. The standard InChI is InChI=1S/C8H5ClF2O3S/c9-15(13,14)4-8(12)5-1-2-6(10)7(11)3-5/h1-3H,4H2. The Morgan fingerprint density at radius 3 is 2.33 bits per heavy atom. The molecule has 7 heteroatoms. The molecule has 3 nitrogen and oxygen atoms in total. The lowest BCUT2D eigenvalue weighted by molar-refractivity contribution is 0.102. The minimum atomic E-state index is -3.99. The second-order valence-corrected chi connectivity index (χ2v) is 5.51. The number of hydrogen-bond donors (Lipinski definition) is 0. The van der Waals surface area contributed by atoms with Crippen LogP contribution in [0.2, 0.25) is 0 Å². The van der Waals surface area contributed by atoms with Gasteiger partial charge in [-0.15, -0.1) is 0 Å². The summed E-state index contributed by atoms with van der Waals surface area (Å²) >= 11 is 0. The Bertz CT molecular complexity index is 499. The van der Waals surface area contributed by atoms with Crippen LogP contribution in [0.1, 0.15) is 10.4 Å². The Morgan fingerprint density at radius 1 is 1.27 bits per heavy atom. The summed E-state index contributed by atoms with van der Waals surface area (Å²) in [5, 5.41) is 0. The predicted octanol–water partition coefficient (Wildman–Crippen LogP) is 1.72. The van der Waals surface area contributed by atoms with Crippen molar-refractivity contribution >= 4 is 25.5 Å². The number of carbonyl (C=O) groups excluding carboxylic acids is 1. The van der Waals surface area contributed by atoms with Gasteiger partial charge in [0, 0.05) is 16.2 Å². The summed E-state index contributed by atoms with van der Waals surface area (Å²) in [5.74, 6) is -4.16. The number of Topliss-reactive ketones (excluding diaryl/α,β-unsaturated/α-hetero) is 1. The molecule has 15 heavy (non-hydrogen) atoms. The van der Waals surface area contributed by atoms with Gasteiger partial charge in [0.1, 0.15) is 5.75 Å². The van der Waals surface area contributed by atoms with Crippen molar-refractivity contribution in [1.82, 2.24) is 0 Å². The van der Waals surface area contributed by atoms with E-state index in [1.165, 1.54) is 0 Å². The van der Waals surface area contributed by atoms with Crippen molar-refractivity contribution in [3.63, 3.8) is 0 Å². The molecule has 0 aliphatic carbocycles. The Morgan fingerprint density at radius 2 is 1.87 bits per heavy atom. The molecule has 1 aromatic rings. The first-order valence-corrected chi connectivity index (χ1v) is 6.18. The zero-order valence-corrected chi connectivity index (χ0v) is 8.78. The molecule has 0 aliphatic heterocycles. The fraction of sp³-hybridized carbons (Fsp3) is 0.125. The van der Waals surface area contributed by atoms with E-state index in [2.05, 4.69) is 0 Å². The molecule has 0 amide bonds. The van der Waals surface area contributed by atoms with Crippen LogP contribution in [0.3, 0.4) is 0 Å². The van der Waals surface area contributed by atoms with Gasteiger partial charge in [0.05, 0.1) is 0 Å². The summed E-state index contributed by atoms with van der Waals surface area (Å²) in [6.45, 7) is 0. The third-order valence-electron chi connectivity index (χ3n) is 1.55. The van der Waals surface area contributed by atoms with Gasteiger partial charge < -0.3 is 0 Å². The van der Waals surface area contributed by atoms with Crippen LogP contribution in [-0.2, 0) is 9.05 Å². The topological polar surface area (TPSA) is 51.2 Å². The highest BCUT2D eigenvalue weighted by Crippen LogP contribution is 2.11. The molecular weight excluding hydrogens is 250 g/mol. The van der Waals surface area contributed by atoms with Crippen LogP contribution in [0.25, 0.3) is 0 Å². The van der Waals surface area contributed by atoms with E-state index < -0.39 is 32.2 Å². The number of carbonyl (C=O) groups is 1. The Labute approximate surface area is 89.1 Å². The van der Waals surface area contributed by atoms with E-state index in [0.717, 1.165) is 12.1 Å². The normalized spacial score (nSPS) is 11.4. The SMILES string of the molecule is O=C(CS(=O)(=O)Cl)c1ccc(F)c(F)c1. The van der Waals surface area contributed by atoms with Gasteiger partial charge >= 0.3 is 0 Å². The molecule has 82 valence electrons. The average molecular weight is 255 g/mol. The van der Waals surface area contributed by atoms with Crippen LogP contribution in [0.5, 0.6) is 0 Å². The molecule has 0 heterocycles. The predicted molar refractivity (Wildman–Crippen MR) is 50.3 cm³/mol. The van der Waals surface area contributed by atoms with Crippen LogP contribution < -0.4 is 0 Å². The molecule has 1 aromatic carbocycles. The summed E-state index contributed by atoms with van der Waals surface area (Å²) < 4.78 is 46.2.